The van der Waals surface area contributed by atoms with E-state index in [1.807, 2.05) is 11.8 Å². The summed E-state index contributed by atoms with van der Waals surface area (Å²) in [4.78, 5) is 0. The van der Waals surface area contributed by atoms with Gasteiger partial charge in [0.2, 0.25) is 0 Å². The van der Waals surface area contributed by atoms with Gasteiger partial charge in [-0.25, -0.2) is 0 Å². The molecule has 1 unspecified atom stereocenters. The highest BCUT2D eigenvalue weighted by Gasteiger charge is 2.29. The predicted octanol–water partition coefficient (Wildman–Crippen LogP) is 1.93. The van der Waals surface area contributed by atoms with E-state index in [9.17, 15) is 5.11 Å². The lowest BCUT2D eigenvalue weighted by molar-refractivity contribution is 0.0614. The van der Waals surface area contributed by atoms with E-state index in [1.54, 1.807) is 0 Å². The Morgan fingerprint density at radius 1 is 1.45 bits per heavy atom. The van der Waals surface area contributed by atoms with Crippen molar-refractivity contribution < 1.29 is 5.11 Å². The van der Waals surface area contributed by atoms with Crippen LogP contribution < -0.4 is 10.6 Å². The van der Waals surface area contributed by atoms with Gasteiger partial charge in [0.15, 0.2) is 0 Å². The minimum absolute atomic E-state index is 0.519. The van der Waals surface area contributed by atoms with Crippen molar-refractivity contribution >= 4 is 11.8 Å². The zero-order valence-corrected chi connectivity index (χ0v) is 13.1. The highest BCUT2D eigenvalue weighted by Crippen LogP contribution is 2.15. The zero-order chi connectivity index (χ0) is 14.3. The highest BCUT2D eigenvalue weighted by molar-refractivity contribution is 7.98. The molecular formula is C16H26N2OS. The average molecular weight is 294 g/mol. The van der Waals surface area contributed by atoms with Crippen molar-refractivity contribution in [1.82, 2.24) is 10.6 Å². The van der Waals surface area contributed by atoms with Gasteiger partial charge in [-0.15, -0.1) is 0 Å². The van der Waals surface area contributed by atoms with Gasteiger partial charge in [-0.05, 0) is 44.2 Å². The summed E-state index contributed by atoms with van der Waals surface area (Å²) in [5.74, 6) is 2.26. The second kappa shape index (κ2) is 8.03. The maximum absolute atomic E-state index is 10.1. The van der Waals surface area contributed by atoms with Crippen molar-refractivity contribution in [2.45, 2.75) is 31.1 Å². The van der Waals surface area contributed by atoms with Crippen molar-refractivity contribution in [1.29, 1.82) is 0 Å². The molecule has 112 valence electrons. The molecule has 1 aromatic rings. The molecule has 3 nitrogen and oxygen atoms in total. The third-order valence-electron chi connectivity index (χ3n) is 3.67. The summed E-state index contributed by atoms with van der Waals surface area (Å²) in [6.07, 6.45) is 2.02. The second-order valence-corrected chi connectivity index (χ2v) is 6.83. The third kappa shape index (κ3) is 5.44. The fraction of sp³-hybridized carbons (Fsp3) is 0.625. The number of rotatable bonds is 8. The molecule has 0 bridgehead atoms. The summed E-state index contributed by atoms with van der Waals surface area (Å²) in [7, 11) is 0. The SMILES string of the molecule is Cc1cccc(CSCCCNCC2(O)CCNC2)c1. The molecule has 0 amide bonds. The number of thioether (sulfide) groups is 1. The average Bonchev–Trinajstić information content (AvgIpc) is 2.85. The lowest BCUT2D eigenvalue weighted by Crippen LogP contribution is -2.42. The Labute approximate surface area is 126 Å². The number of β-amino-alcohol motifs (C(OH)–C–C–N with tert-alkyl or cyclic N) is 1. The van der Waals surface area contributed by atoms with Crippen LogP contribution in [0.4, 0.5) is 0 Å². The molecule has 1 heterocycles. The Morgan fingerprint density at radius 2 is 2.35 bits per heavy atom. The molecule has 2 rings (SSSR count). The molecule has 0 radical (unpaired) electrons. The van der Waals surface area contributed by atoms with Gasteiger partial charge in [-0.1, -0.05) is 29.8 Å². The molecule has 1 aromatic carbocycles. The molecule has 1 aliphatic rings. The summed E-state index contributed by atoms with van der Waals surface area (Å²) < 4.78 is 0. The van der Waals surface area contributed by atoms with Crippen LogP contribution in [0.25, 0.3) is 0 Å². The summed E-state index contributed by atoms with van der Waals surface area (Å²) in [6, 6.07) is 8.72. The van der Waals surface area contributed by atoms with Gasteiger partial charge < -0.3 is 15.7 Å². The molecular weight excluding hydrogens is 268 g/mol. The maximum atomic E-state index is 10.1. The number of benzene rings is 1. The first-order chi connectivity index (χ1) is 9.68. The van der Waals surface area contributed by atoms with E-state index in [4.69, 9.17) is 0 Å². The molecule has 0 aliphatic carbocycles. The van der Waals surface area contributed by atoms with E-state index in [0.29, 0.717) is 6.54 Å². The van der Waals surface area contributed by atoms with Crippen LogP contribution >= 0.6 is 11.8 Å². The molecule has 3 N–H and O–H groups in total. The van der Waals surface area contributed by atoms with Crippen LogP contribution in [0.2, 0.25) is 0 Å². The summed E-state index contributed by atoms with van der Waals surface area (Å²) in [5.41, 5.74) is 2.23. The minimum atomic E-state index is -0.519. The van der Waals surface area contributed by atoms with Gasteiger partial charge in [-0.2, -0.15) is 11.8 Å². The fourth-order valence-corrected chi connectivity index (χ4v) is 3.40. The maximum Gasteiger partial charge on any atom is 0.0907 e. The van der Waals surface area contributed by atoms with Crippen molar-refractivity contribution in [2.24, 2.45) is 0 Å². The lowest BCUT2D eigenvalue weighted by Gasteiger charge is -2.21. The first-order valence-electron chi connectivity index (χ1n) is 7.45. The van der Waals surface area contributed by atoms with E-state index in [2.05, 4.69) is 41.8 Å². The monoisotopic (exact) mass is 294 g/mol. The fourth-order valence-electron chi connectivity index (χ4n) is 2.49. The number of hydrogen-bond donors (Lipinski definition) is 3. The number of aliphatic hydroxyl groups is 1. The molecule has 20 heavy (non-hydrogen) atoms. The van der Waals surface area contributed by atoms with Crippen LogP contribution in [0.15, 0.2) is 24.3 Å². The van der Waals surface area contributed by atoms with E-state index in [1.165, 1.54) is 11.1 Å². The van der Waals surface area contributed by atoms with Gasteiger partial charge in [0.05, 0.1) is 5.60 Å². The molecule has 1 fully saturated rings. The van der Waals surface area contributed by atoms with Crippen LogP contribution in [-0.4, -0.2) is 42.6 Å². The largest absolute Gasteiger partial charge is 0.387 e. The van der Waals surface area contributed by atoms with E-state index in [0.717, 1.165) is 44.0 Å². The Bertz CT molecular complexity index is 405. The zero-order valence-electron chi connectivity index (χ0n) is 12.3. The van der Waals surface area contributed by atoms with Gasteiger partial charge >= 0.3 is 0 Å². The Hall–Kier alpha value is -0.550. The standard InChI is InChI=1S/C16H26N2OS/c1-14-4-2-5-15(10-14)11-20-9-3-7-17-12-16(19)6-8-18-13-16/h2,4-5,10,17-19H,3,6-9,11-13H2,1H3. The van der Waals surface area contributed by atoms with Crippen molar-refractivity contribution in [3.63, 3.8) is 0 Å². The topological polar surface area (TPSA) is 44.3 Å². The van der Waals surface area contributed by atoms with E-state index < -0.39 is 5.60 Å². The summed E-state index contributed by atoms with van der Waals surface area (Å²) in [6.45, 7) is 5.50. The third-order valence-corrected chi connectivity index (χ3v) is 4.78. The van der Waals surface area contributed by atoms with Gasteiger partial charge in [0.25, 0.3) is 0 Å². The molecule has 0 aromatic heterocycles. The van der Waals surface area contributed by atoms with Crippen molar-refractivity contribution in [3.05, 3.63) is 35.4 Å². The molecule has 0 saturated carbocycles. The number of hydrogen-bond acceptors (Lipinski definition) is 4. The molecule has 1 saturated heterocycles. The Kier molecular flexibility index (Phi) is 6.36. The normalized spacial score (nSPS) is 22.3. The summed E-state index contributed by atoms with van der Waals surface area (Å²) in [5, 5.41) is 16.7. The highest BCUT2D eigenvalue weighted by atomic mass is 32.2. The number of aryl methyl sites for hydroxylation is 1. The van der Waals surface area contributed by atoms with Gasteiger partial charge in [-0.3, -0.25) is 0 Å². The van der Waals surface area contributed by atoms with Gasteiger partial charge in [0, 0.05) is 18.8 Å². The minimum Gasteiger partial charge on any atom is -0.387 e. The van der Waals surface area contributed by atoms with Crippen molar-refractivity contribution in [3.8, 4) is 0 Å². The van der Waals surface area contributed by atoms with Gasteiger partial charge in [0.1, 0.15) is 0 Å². The molecule has 1 aliphatic heterocycles. The second-order valence-electron chi connectivity index (χ2n) is 5.72. The smallest absolute Gasteiger partial charge is 0.0907 e. The molecule has 0 spiro atoms. The van der Waals surface area contributed by atoms with Crippen LogP contribution in [0.5, 0.6) is 0 Å². The molecule has 1 atom stereocenters. The van der Waals surface area contributed by atoms with E-state index >= 15 is 0 Å². The predicted molar refractivity (Wildman–Crippen MR) is 87.3 cm³/mol. The summed E-state index contributed by atoms with van der Waals surface area (Å²) >= 11 is 1.98. The lowest BCUT2D eigenvalue weighted by atomic mass is 10.0. The Morgan fingerprint density at radius 3 is 3.10 bits per heavy atom. The first kappa shape index (κ1) is 15.8. The Balaban J connectivity index is 1.49. The van der Waals surface area contributed by atoms with Crippen molar-refractivity contribution in [2.75, 3.05) is 31.9 Å². The van der Waals surface area contributed by atoms with E-state index in [-0.39, 0.29) is 0 Å². The van der Waals surface area contributed by atoms with Crippen LogP contribution in [-0.2, 0) is 5.75 Å². The quantitative estimate of drug-likeness (QED) is 0.641. The first-order valence-corrected chi connectivity index (χ1v) is 8.61. The number of nitrogens with one attached hydrogen (secondary N) is 2. The van der Waals surface area contributed by atoms with Crippen LogP contribution in [0.1, 0.15) is 24.0 Å². The van der Waals surface area contributed by atoms with Crippen LogP contribution in [0.3, 0.4) is 0 Å². The van der Waals surface area contributed by atoms with Crippen LogP contribution in [0, 0.1) is 6.92 Å². The molecule has 4 heteroatoms.